The number of piperidine rings is 1. The number of guanidine groups is 1. The first-order chi connectivity index (χ1) is 13.7. The summed E-state index contributed by atoms with van der Waals surface area (Å²) in [5, 5.41) is 7.62. The van der Waals surface area contributed by atoms with Crippen LogP contribution < -0.4 is 16.4 Å². The Morgan fingerprint density at radius 3 is 2.79 bits per heavy atom. The number of nitrogens with one attached hydrogen (secondary N) is 2. The van der Waals surface area contributed by atoms with Crippen LogP contribution in [-0.4, -0.2) is 60.8 Å². The fourth-order valence-electron chi connectivity index (χ4n) is 3.20. The van der Waals surface area contributed by atoms with Crippen molar-refractivity contribution in [3.05, 3.63) is 36.4 Å². The topological polar surface area (TPSA) is 105 Å². The molecule has 29 heavy (non-hydrogen) atoms. The number of aliphatic imine (C=N–C) groups is 1. The summed E-state index contributed by atoms with van der Waals surface area (Å²) in [6, 6.07) is 12.3. The third kappa shape index (κ3) is 6.91. The Morgan fingerprint density at radius 1 is 1.28 bits per heavy atom. The largest absolute Gasteiger partial charge is 0.450 e. The molecule has 0 unspecified atom stereocenters. The number of hydrogen-bond donors (Lipinski definition) is 3. The number of amides is 1. The van der Waals surface area contributed by atoms with Crippen molar-refractivity contribution in [2.24, 2.45) is 10.7 Å². The summed E-state index contributed by atoms with van der Waals surface area (Å²) in [6.07, 6.45) is 1.42. The fraction of sp³-hybridized carbons (Fsp3) is 0.450. The average Bonchev–Trinajstić information content (AvgIpc) is 2.72. The van der Waals surface area contributed by atoms with Crippen molar-refractivity contribution >= 4 is 52.8 Å². The molecule has 1 aliphatic heterocycles. The van der Waals surface area contributed by atoms with Crippen molar-refractivity contribution in [2.75, 3.05) is 38.1 Å². The zero-order chi connectivity index (χ0) is 19.8. The third-order valence-electron chi connectivity index (χ3n) is 4.67. The molecule has 1 aliphatic rings. The molecule has 1 aromatic carbocycles. The molecule has 1 amide bonds. The van der Waals surface area contributed by atoms with Crippen molar-refractivity contribution in [3.63, 3.8) is 0 Å². The number of likely N-dealkylation sites (tertiary alicyclic amines) is 1. The van der Waals surface area contributed by atoms with Gasteiger partial charge in [-0.2, -0.15) is 0 Å². The van der Waals surface area contributed by atoms with Gasteiger partial charge in [0, 0.05) is 31.1 Å². The lowest BCUT2D eigenvalue weighted by atomic mass is 10.1. The van der Waals surface area contributed by atoms with E-state index < -0.39 is 0 Å². The van der Waals surface area contributed by atoms with Gasteiger partial charge in [0.1, 0.15) is 5.82 Å². The Morgan fingerprint density at radius 2 is 2.03 bits per heavy atom. The molecule has 0 saturated carbocycles. The van der Waals surface area contributed by atoms with Crippen LogP contribution in [-0.2, 0) is 4.74 Å². The molecule has 0 bridgehead atoms. The van der Waals surface area contributed by atoms with Crippen LogP contribution in [0.1, 0.15) is 19.8 Å². The highest BCUT2D eigenvalue weighted by Gasteiger charge is 2.23. The van der Waals surface area contributed by atoms with E-state index in [0.717, 1.165) is 29.6 Å². The average molecular weight is 512 g/mol. The predicted octanol–water partition coefficient (Wildman–Crippen LogP) is 2.79. The summed E-state index contributed by atoms with van der Waals surface area (Å²) < 4.78 is 5.03. The second-order valence-corrected chi connectivity index (χ2v) is 6.69. The van der Waals surface area contributed by atoms with Gasteiger partial charge in [-0.15, -0.1) is 24.0 Å². The lowest BCUT2D eigenvalue weighted by molar-refractivity contribution is 0.0963. The first kappa shape index (κ1) is 23.0. The molecule has 0 atom stereocenters. The number of anilines is 1. The van der Waals surface area contributed by atoms with Gasteiger partial charge < -0.3 is 26.0 Å². The van der Waals surface area contributed by atoms with Gasteiger partial charge in [-0.1, -0.05) is 18.2 Å². The minimum Gasteiger partial charge on any atom is -0.450 e. The van der Waals surface area contributed by atoms with Crippen LogP contribution in [0.3, 0.4) is 0 Å². The van der Waals surface area contributed by atoms with E-state index in [-0.39, 0.29) is 36.1 Å². The van der Waals surface area contributed by atoms with Crippen LogP contribution in [0, 0.1) is 0 Å². The van der Waals surface area contributed by atoms with Crippen LogP contribution in [0.2, 0.25) is 0 Å². The van der Waals surface area contributed by atoms with Gasteiger partial charge in [-0.25, -0.2) is 9.78 Å². The Bertz CT molecular complexity index is 823. The van der Waals surface area contributed by atoms with Gasteiger partial charge in [-0.05, 0) is 38.0 Å². The third-order valence-corrected chi connectivity index (χ3v) is 4.67. The molecule has 1 saturated heterocycles. The summed E-state index contributed by atoms with van der Waals surface area (Å²) in [4.78, 5) is 22.4. The van der Waals surface area contributed by atoms with E-state index in [2.05, 4.69) is 20.6 Å². The Balaban J connectivity index is 0.00000300. The van der Waals surface area contributed by atoms with E-state index in [1.165, 1.54) is 0 Å². The number of para-hydroxylation sites is 1. The monoisotopic (exact) mass is 512 g/mol. The smallest absolute Gasteiger partial charge is 0.409 e. The van der Waals surface area contributed by atoms with Gasteiger partial charge in [0.15, 0.2) is 5.96 Å². The highest BCUT2D eigenvalue weighted by molar-refractivity contribution is 14.0. The molecule has 0 radical (unpaired) electrons. The van der Waals surface area contributed by atoms with Gasteiger partial charge in [0.2, 0.25) is 0 Å². The van der Waals surface area contributed by atoms with Crippen LogP contribution in [0.5, 0.6) is 0 Å². The number of benzene rings is 1. The molecule has 0 aliphatic carbocycles. The number of pyridine rings is 1. The molecule has 1 aromatic heterocycles. The second kappa shape index (κ2) is 11.6. The molecular weight excluding hydrogens is 483 g/mol. The highest BCUT2D eigenvalue weighted by Crippen LogP contribution is 2.14. The molecule has 0 spiro atoms. The SMILES string of the molecule is CCOC(=O)N1CCC(NC(N)=NCCNc2ccc3ccccc3n2)CC1.I. The first-order valence-electron chi connectivity index (χ1n) is 9.73. The van der Waals surface area contributed by atoms with Crippen LogP contribution in [0.25, 0.3) is 10.9 Å². The zero-order valence-electron chi connectivity index (χ0n) is 16.6. The number of hydrogen-bond acceptors (Lipinski definition) is 5. The minimum absolute atomic E-state index is 0. The van der Waals surface area contributed by atoms with E-state index in [1.807, 2.05) is 43.3 Å². The first-order valence-corrected chi connectivity index (χ1v) is 9.73. The summed E-state index contributed by atoms with van der Waals surface area (Å²) in [5.41, 5.74) is 6.96. The molecule has 158 valence electrons. The van der Waals surface area contributed by atoms with E-state index in [4.69, 9.17) is 10.5 Å². The minimum atomic E-state index is -0.240. The van der Waals surface area contributed by atoms with E-state index in [1.54, 1.807) is 4.90 Å². The number of aromatic nitrogens is 1. The van der Waals surface area contributed by atoms with Gasteiger partial charge in [0.05, 0.1) is 18.7 Å². The molecule has 2 aromatic rings. The van der Waals surface area contributed by atoms with Crippen LogP contribution in [0.15, 0.2) is 41.4 Å². The molecular formula is C20H29IN6O2. The number of nitrogens with zero attached hydrogens (tertiary/aromatic N) is 3. The maximum Gasteiger partial charge on any atom is 0.409 e. The van der Waals surface area contributed by atoms with Gasteiger partial charge in [0.25, 0.3) is 0 Å². The van der Waals surface area contributed by atoms with E-state index in [9.17, 15) is 4.79 Å². The quantitative estimate of drug-likeness (QED) is 0.238. The lowest BCUT2D eigenvalue weighted by Gasteiger charge is -2.31. The summed E-state index contributed by atoms with van der Waals surface area (Å²) >= 11 is 0. The molecule has 4 N–H and O–H groups in total. The second-order valence-electron chi connectivity index (χ2n) is 6.69. The van der Waals surface area contributed by atoms with Crippen molar-refractivity contribution in [1.29, 1.82) is 0 Å². The number of halogens is 1. The number of rotatable bonds is 6. The highest BCUT2D eigenvalue weighted by atomic mass is 127. The van der Waals surface area contributed by atoms with Crippen molar-refractivity contribution < 1.29 is 9.53 Å². The number of ether oxygens (including phenoxy) is 1. The van der Waals surface area contributed by atoms with Crippen LogP contribution >= 0.6 is 24.0 Å². The molecule has 1 fully saturated rings. The fourth-order valence-corrected chi connectivity index (χ4v) is 3.20. The molecule has 3 rings (SSSR count). The summed E-state index contributed by atoms with van der Waals surface area (Å²) in [7, 11) is 0. The van der Waals surface area contributed by atoms with E-state index >= 15 is 0 Å². The summed E-state index contributed by atoms with van der Waals surface area (Å²) in [5.74, 6) is 1.26. The number of fused-ring (bicyclic) bond motifs is 1. The number of carbonyl (C=O) groups is 1. The predicted molar refractivity (Wildman–Crippen MR) is 127 cm³/mol. The molecule has 9 heteroatoms. The van der Waals surface area contributed by atoms with Crippen molar-refractivity contribution in [1.82, 2.24) is 15.2 Å². The maximum atomic E-state index is 11.7. The maximum absolute atomic E-state index is 11.7. The number of nitrogens with two attached hydrogens (primary N) is 1. The van der Waals surface area contributed by atoms with Crippen molar-refractivity contribution in [3.8, 4) is 0 Å². The lowest BCUT2D eigenvalue weighted by Crippen LogP contribution is -2.48. The van der Waals surface area contributed by atoms with Crippen molar-refractivity contribution in [2.45, 2.75) is 25.8 Å². The van der Waals surface area contributed by atoms with Crippen LogP contribution in [0.4, 0.5) is 10.6 Å². The van der Waals surface area contributed by atoms with E-state index in [0.29, 0.717) is 38.7 Å². The molecule has 2 heterocycles. The normalized spacial score (nSPS) is 14.9. The Kier molecular flexibility index (Phi) is 9.23. The van der Waals surface area contributed by atoms with Gasteiger partial charge in [-0.3, -0.25) is 4.99 Å². The standard InChI is InChI=1S/C20H28N6O2.HI/c1-2-28-20(27)26-13-9-16(10-14-26)24-19(21)23-12-11-22-18-8-7-15-5-3-4-6-17(15)25-18;/h3-8,16H,2,9-14H2,1H3,(H,22,25)(H3,21,23,24);1H. The van der Waals surface area contributed by atoms with Gasteiger partial charge >= 0.3 is 6.09 Å². The number of carbonyl (C=O) groups excluding carboxylic acids is 1. The molecule has 8 nitrogen and oxygen atoms in total. The Hall–Kier alpha value is -2.30. The Labute approximate surface area is 188 Å². The summed E-state index contributed by atoms with van der Waals surface area (Å²) in [6.45, 7) is 4.75. The zero-order valence-corrected chi connectivity index (χ0v) is 19.0.